The molecule has 0 aliphatic heterocycles. The second kappa shape index (κ2) is 7.93. The molecule has 2 aromatic carbocycles. The molecule has 3 aromatic rings. The number of benzene rings is 2. The summed E-state index contributed by atoms with van der Waals surface area (Å²) in [5.74, 6) is -1.02. The van der Waals surface area contributed by atoms with Gasteiger partial charge in [-0.1, -0.05) is 60.7 Å². The first kappa shape index (κ1) is 16.5. The number of H-pyrrole nitrogens is 1. The number of nitriles is 1. The van der Waals surface area contributed by atoms with E-state index >= 15 is 0 Å². The third-order valence-electron chi connectivity index (χ3n) is 4.00. The largest absolute Gasteiger partial charge is 0.322 e. The Morgan fingerprint density at radius 1 is 1.12 bits per heavy atom. The quantitative estimate of drug-likeness (QED) is 0.721. The summed E-state index contributed by atoms with van der Waals surface area (Å²) in [5.41, 5.74) is 3.35. The topological polar surface area (TPSA) is 81.6 Å². The van der Waals surface area contributed by atoms with Gasteiger partial charge in [-0.15, -0.1) is 0 Å². The molecule has 124 valence electrons. The number of aromatic amines is 1. The van der Waals surface area contributed by atoms with Gasteiger partial charge in [0.15, 0.2) is 0 Å². The number of amides is 1. The Kier molecular flexibility index (Phi) is 5.22. The maximum atomic E-state index is 12.5. The number of nitrogens with zero attached hydrogens (tertiary/aromatic N) is 2. The normalized spacial score (nSPS) is 11.5. The molecule has 0 saturated heterocycles. The van der Waals surface area contributed by atoms with Crippen LogP contribution in [0.25, 0.3) is 11.3 Å². The predicted molar refractivity (Wildman–Crippen MR) is 96.5 cm³/mol. The van der Waals surface area contributed by atoms with E-state index in [1.165, 1.54) is 0 Å². The molecule has 0 unspecified atom stereocenters. The first-order valence-corrected chi connectivity index (χ1v) is 8.11. The van der Waals surface area contributed by atoms with Crippen molar-refractivity contribution < 1.29 is 4.79 Å². The van der Waals surface area contributed by atoms with Crippen LogP contribution >= 0.6 is 0 Å². The third kappa shape index (κ3) is 4.12. The zero-order valence-corrected chi connectivity index (χ0v) is 13.6. The van der Waals surface area contributed by atoms with Crippen LogP contribution in [-0.2, 0) is 11.2 Å². The van der Waals surface area contributed by atoms with Gasteiger partial charge in [0.25, 0.3) is 0 Å². The van der Waals surface area contributed by atoms with Crippen LogP contribution in [0.2, 0.25) is 0 Å². The van der Waals surface area contributed by atoms with Crippen LogP contribution in [-0.4, -0.2) is 16.1 Å². The Morgan fingerprint density at radius 2 is 1.80 bits per heavy atom. The lowest BCUT2D eigenvalue weighted by atomic mass is 9.99. The lowest BCUT2D eigenvalue weighted by Gasteiger charge is -2.10. The predicted octanol–water partition coefficient (Wildman–Crippen LogP) is 3.79. The molecule has 0 fully saturated rings. The van der Waals surface area contributed by atoms with Gasteiger partial charge in [-0.3, -0.25) is 9.89 Å². The fourth-order valence-electron chi connectivity index (χ4n) is 2.64. The van der Waals surface area contributed by atoms with E-state index < -0.39 is 5.92 Å². The molecule has 2 N–H and O–H groups in total. The van der Waals surface area contributed by atoms with Crippen molar-refractivity contribution in [3.63, 3.8) is 0 Å². The first-order chi connectivity index (χ1) is 12.3. The van der Waals surface area contributed by atoms with E-state index in [-0.39, 0.29) is 5.91 Å². The Bertz CT molecular complexity index is 865. The molecule has 3 rings (SSSR count). The van der Waals surface area contributed by atoms with Crippen LogP contribution in [0, 0.1) is 17.2 Å². The van der Waals surface area contributed by atoms with E-state index in [0.29, 0.717) is 18.5 Å². The summed E-state index contributed by atoms with van der Waals surface area (Å²) >= 11 is 0. The Hall–Kier alpha value is -3.39. The zero-order chi connectivity index (χ0) is 17.5. The molecule has 0 radical (unpaired) electrons. The molecule has 0 aliphatic rings. The van der Waals surface area contributed by atoms with Crippen LogP contribution in [0.3, 0.4) is 0 Å². The molecule has 1 atom stereocenters. The maximum Gasteiger partial charge on any atom is 0.241 e. The number of aryl methyl sites for hydroxylation is 1. The maximum absolute atomic E-state index is 12.5. The Morgan fingerprint density at radius 3 is 2.48 bits per heavy atom. The van der Waals surface area contributed by atoms with Crippen molar-refractivity contribution in [3.05, 3.63) is 72.4 Å². The lowest BCUT2D eigenvalue weighted by molar-refractivity contribution is -0.118. The minimum absolute atomic E-state index is 0.308. The van der Waals surface area contributed by atoms with Crippen molar-refractivity contribution in [2.75, 3.05) is 5.32 Å². The number of rotatable bonds is 6. The number of nitrogens with one attached hydrogen (secondary N) is 2. The molecule has 0 spiro atoms. The Labute approximate surface area is 146 Å². The van der Waals surface area contributed by atoms with Crippen LogP contribution in [0.1, 0.15) is 12.0 Å². The second-order valence-electron chi connectivity index (χ2n) is 5.72. The highest BCUT2D eigenvalue weighted by Gasteiger charge is 2.20. The minimum atomic E-state index is -0.710. The van der Waals surface area contributed by atoms with Gasteiger partial charge in [0.2, 0.25) is 5.91 Å². The van der Waals surface area contributed by atoms with Crippen LogP contribution < -0.4 is 5.32 Å². The molecular weight excluding hydrogens is 312 g/mol. The molecule has 25 heavy (non-hydrogen) atoms. The van der Waals surface area contributed by atoms with E-state index in [4.69, 9.17) is 0 Å². The summed E-state index contributed by atoms with van der Waals surface area (Å²) in [6, 6.07) is 21.6. The van der Waals surface area contributed by atoms with Crippen molar-refractivity contribution in [3.8, 4) is 17.3 Å². The van der Waals surface area contributed by atoms with Crippen molar-refractivity contribution >= 4 is 11.6 Å². The highest BCUT2D eigenvalue weighted by Crippen LogP contribution is 2.25. The van der Waals surface area contributed by atoms with Gasteiger partial charge >= 0.3 is 0 Å². The van der Waals surface area contributed by atoms with Gasteiger partial charge in [-0.2, -0.15) is 10.4 Å². The number of hydrogen-bond donors (Lipinski definition) is 2. The summed E-state index contributed by atoms with van der Waals surface area (Å²) in [6.45, 7) is 0. The fourth-order valence-corrected chi connectivity index (χ4v) is 2.64. The standard InChI is InChI=1S/C20H18N4O/c21-13-17(12-11-15-7-3-1-4-8-15)20(25)23-18-14-22-24-19(18)16-9-5-2-6-10-16/h1-10,14,17H,11-12H2,(H,22,24)(H,23,25)/t17-/m1/s1. The van der Waals surface area contributed by atoms with Gasteiger partial charge in [-0.25, -0.2) is 0 Å². The van der Waals surface area contributed by atoms with Gasteiger partial charge in [0.1, 0.15) is 5.92 Å². The van der Waals surface area contributed by atoms with Crippen molar-refractivity contribution in [1.82, 2.24) is 10.2 Å². The zero-order valence-electron chi connectivity index (χ0n) is 13.6. The van der Waals surface area contributed by atoms with Crippen LogP contribution in [0.5, 0.6) is 0 Å². The summed E-state index contributed by atoms with van der Waals surface area (Å²) in [7, 11) is 0. The SMILES string of the molecule is N#C[C@@H](CCc1ccccc1)C(=O)Nc1cn[nH]c1-c1ccccc1. The van der Waals surface area contributed by atoms with Crippen LogP contribution in [0.4, 0.5) is 5.69 Å². The smallest absolute Gasteiger partial charge is 0.241 e. The number of carbonyl (C=O) groups excluding carboxylic acids is 1. The third-order valence-corrected chi connectivity index (χ3v) is 4.00. The summed E-state index contributed by atoms with van der Waals surface area (Å²) in [6.07, 6.45) is 2.72. The number of hydrogen-bond acceptors (Lipinski definition) is 3. The molecule has 1 aromatic heterocycles. The van der Waals surface area contributed by atoms with Crippen molar-refractivity contribution in [2.45, 2.75) is 12.8 Å². The molecule has 1 heterocycles. The summed E-state index contributed by atoms with van der Waals surface area (Å²) in [5, 5.41) is 19.1. The van der Waals surface area contributed by atoms with E-state index in [0.717, 1.165) is 16.8 Å². The molecule has 5 nitrogen and oxygen atoms in total. The molecule has 0 saturated carbocycles. The van der Waals surface area contributed by atoms with Gasteiger partial charge in [-0.05, 0) is 18.4 Å². The molecule has 0 aliphatic carbocycles. The van der Waals surface area contributed by atoms with E-state index in [2.05, 4.69) is 21.6 Å². The number of aromatic nitrogens is 2. The van der Waals surface area contributed by atoms with E-state index in [9.17, 15) is 10.1 Å². The van der Waals surface area contributed by atoms with E-state index in [1.54, 1.807) is 6.20 Å². The first-order valence-electron chi connectivity index (χ1n) is 8.11. The number of carbonyl (C=O) groups is 1. The summed E-state index contributed by atoms with van der Waals surface area (Å²) in [4.78, 5) is 12.5. The van der Waals surface area contributed by atoms with Gasteiger partial charge in [0, 0.05) is 5.56 Å². The molecule has 1 amide bonds. The minimum Gasteiger partial charge on any atom is -0.322 e. The van der Waals surface area contributed by atoms with Crippen LogP contribution in [0.15, 0.2) is 66.9 Å². The van der Waals surface area contributed by atoms with Gasteiger partial charge < -0.3 is 5.32 Å². The average molecular weight is 330 g/mol. The average Bonchev–Trinajstić information content (AvgIpc) is 3.12. The monoisotopic (exact) mass is 330 g/mol. The molecule has 0 bridgehead atoms. The van der Waals surface area contributed by atoms with Gasteiger partial charge in [0.05, 0.1) is 23.6 Å². The Balaban J connectivity index is 1.67. The second-order valence-corrected chi connectivity index (χ2v) is 5.72. The molecular formula is C20H18N4O. The highest BCUT2D eigenvalue weighted by atomic mass is 16.1. The van der Waals surface area contributed by atoms with E-state index in [1.807, 2.05) is 60.7 Å². The summed E-state index contributed by atoms with van der Waals surface area (Å²) < 4.78 is 0. The number of anilines is 1. The van der Waals surface area contributed by atoms with Crippen molar-refractivity contribution in [2.24, 2.45) is 5.92 Å². The highest BCUT2D eigenvalue weighted by molar-refractivity contribution is 5.97. The fraction of sp³-hybridized carbons (Fsp3) is 0.150. The lowest BCUT2D eigenvalue weighted by Crippen LogP contribution is -2.22. The molecule has 5 heteroatoms. The van der Waals surface area contributed by atoms with Crippen molar-refractivity contribution in [1.29, 1.82) is 5.26 Å².